The largest absolute Gasteiger partial charge is 0.497 e. The van der Waals surface area contributed by atoms with Crippen LogP contribution in [0.4, 0.5) is 0 Å². The Bertz CT molecular complexity index is 642. The fraction of sp³-hybridized carbons (Fsp3) is 0.429. The number of rotatable bonds is 8. The number of likely N-dealkylation sites (tertiary alicyclic amines) is 1. The van der Waals surface area contributed by atoms with E-state index in [1.165, 1.54) is 30.5 Å². The van der Waals surface area contributed by atoms with E-state index in [4.69, 9.17) is 21.1 Å². The van der Waals surface area contributed by atoms with Crippen LogP contribution < -0.4 is 4.74 Å². The van der Waals surface area contributed by atoms with Gasteiger partial charge in [0.25, 0.3) is 0 Å². The third-order valence-electron chi connectivity index (χ3n) is 4.84. The van der Waals surface area contributed by atoms with Gasteiger partial charge < -0.3 is 9.47 Å². The molecule has 1 aliphatic heterocycles. The predicted molar refractivity (Wildman–Crippen MR) is 102 cm³/mol. The van der Waals surface area contributed by atoms with Gasteiger partial charge in [-0.15, -0.1) is 0 Å². The van der Waals surface area contributed by atoms with Crippen LogP contribution in [0, 0.1) is 0 Å². The molecule has 1 atom stereocenters. The molecule has 0 N–H and O–H groups in total. The molecule has 0 amide bonds. The van der Waals surface area contributed by atoms with Gasteiger partial charge >= 0.3 is 0 Å². The fourth-order valence-corrected chi connectivity index (χ4v) is 3.46. The molecule has 0 saturated carbocycles. The van der Waals surface area contributed by atoms with E-state index < -0.39 is 0 Å². The van der Waals surface area contributed by atoms with Crippen LogP contribution in [0.15, 0.2) is 48.5 Å². The zero-order valence-corrected chi connectivity index (χ0v) is 15.5. The van der Waals surface area contributed by atoms with Crippen molar-refractivity contribution in [3.8, 4) is 5.75 Å². The molecular weight excluding hydrogens is 334 g/mol. The molecule has 1 saturated heterocycles. The summed E-state index contributed by atoms with van der Waals surface area (Å²) < 4.78 is 11.2. The van der Waals surface area contributed by atoms with E-state index >= 15 is 0 Å². The SMILES string of the molecule is COc1ccc(CCN2CCC[C@@H]2COCc2ccc(Cl)cc2)cc1. The Kier molecular flexibility index (Phi) is 6.74. The van der Waals surface area contributed by atoms with Crippen LogP contribution in [0.2, 0.25) is 5.02 Å². The molecule has 0 radical (unpaired) electrons. The quantitative estimate of drug-likeness (QED) is 0.689. The second-order valence-corrected chi connectivity index (χ2v) is 7.01. The van der Waals surface area contributed by atoms with Gasteiger partial charge in [0.05, 0.1) is 20.3 Å². The Morgan fingerprint density at radius 3 is 2.48 bits per heavy atom. The Labute approximate surface area is 155 Å². The number of methoxy groups -OCH3 is 1. The van der Waals surface area contributed by atoms with Gasteiger partial charge in [0.2, 0.25) is 0 Å². The molecule has 2 aromatic carbocycles. The highest BCUT2D eigenvalue weighted by Crippen LogP contribution is 2.20. The van der Waals surface area contributed by atoms with Gasteiger partial charge in [-0.25, -0.2) is 0 Å². The van der Waals surface area contributed by atoms with Gasteiger partial charge in [0, 0.05) is 17.6 Å². The Hall–Kier alpha value is -1.55. The number of ether oxygens (including phenoxy) is 2. The molecule has 2 aromatic rings. The van der Waals surface area contributed by atoms with Crippen LogP contribution in [-0.4, -0.2) is 37.7 Å². The smallest absolute Gasteiger partial charge is 0.118 e. The number of hydrogen-bond donors (Lipinski definition) is 0. The van der Waals surface area contributed by atoms with Crippen molar-refractivity contribution < 1.29 is 9.47 Å². The maximum absolute atomic E-state index is 5.95. The van der Waals surface area contributed by atoms with Gasteiger partial charge in [-0.2, -0.15) is 0 Å². The third-order valence-corrected chi connectivity index (χ3v) is 5.09. The third kappa shape index (κ3) is 5.46. The number of nitrogens with zero attached hydrogens (tertiary/aromatic N) is 1. The average molecular weight is 360 g/mol. The first-order chi connectivity index (χ1) is 12.2. The summed E-state index contributed by atoms with van der Waals surface area (Å²) in [6.07, 6.45) is 3.55. The maximum Gasteiger partial charge on any atom is 0.118 e. The summed E-state index contributed by atoms with van der Waals surface area (Å²) in [6, 6.07) is 16.8. The van der Waals surface area contributed by atoms with Crippen molar-refractivity contribution in [1.29, 1.82) is 0 Å². The predicted octanol–water partition coefficient (Wildman–Crippen LogP) is 4.57. The zero-order valence-electron chi connectivity index (χ0n) is 14.8. The lowest BCUT2D eigenvalue weighted by Gasteiger charge is -2.24. The average Bonchev–Trinajstić information content (AvgIpc) is 3.09. The highest BCUT2D eigenvalue weighted by atomic mass is 35.5. The van der Waals surface area contributed by atoms with Crippen molar-refractivity contribution in [2.75, 3.05) is 26.8 Å². The Morgan fingerprint density at radius 2 is 1.76 bits per heavy atom. The standard InChI is InChI=1S/C21H26ClNO2/c1-24-21-10-6-17(7-11-21)12-14-23-13-2-3-20(23)16-25-15-18-4-8-19(22)9-5-18/h4-11,20H,2-3,12-16H2,1H3/t20-/m1/s1. The molecule has 1 aliphatic rings. The second-order valence-electron chi connectivity index (χ2n) is 6.57. The molecule has 0 spiro atoms. The molecule has 0 bridgehead atoms. The van der Waals surface area contributed by atoms with Crippen LogP contribution >= 0.6 is 11.6 Å². The van der Waals surface area contributed by atoms with E-state index in [1.54, 1.807) is 7.11 Å². The van der Waals surface area contributed by atoms with Crippen LogP contribution in [0.3, 0.4) is 0 Å². The van der Waals surface area contributed by atoms with Crippen molar-refractivity contribution in [3.05, 3.63) is 64.7 Å². The minimum Gasteiger partial charge on any atom is -0.497 e. The molecule has 4 heteroatoms. The van der Waals surface area contributed by atoms with Gasteiger partial charge in [-0.1, -0.05) is 35.9 Å². The number of halogens is 1. The fourth-order valence-electron chi connectivity index (χ4n) is 3.34. The summed E-state index contributed by atoms with van der Waals surface area (Å²) >= 11 is 5.92. The van der Waals surface area contributed by atoms with Gasteiger partial charge in [-0.3, -0.25) is 4.90 Å². The Balaban J connectivity index is 1.42. The molecule has 25 heavy (non-hydrogen) atoms. The molecule has 0 unspecified atom stereocenters. The second kappa shape index (κ2) is 9.23. The lowest BCUT2D eigenvalue weighted by molar-refractivity contribution is 0.0672. The lowest BCUT2D eigenvalue weighted by atomic mass is 10.1. The first-order valence-corrected chi connectivity index (χ1v) is 9.31. The van der Waals surface area contributed by atoms with E-state index in [1.807, 2.05) is 36.4 Å². The lowest BCUT2D eigenvalue weighted by Crippen LogP contribution is -2.34. The monoisotopic (exact) mass is 359 g/mol. The van der Waals surface area contributed by atoms with Crippen LogP contribution in [0.5, 0.6) is 5.75 Å². The van der Waals surface area contributed by atoms with Gasteiger partial charge in [0.15, 0.2) is 0 Å². The first-order valence-electron chi connectivity index (χ1n) is 8.94. The van der Waals surface area contributed by atoms with Crippen molar-refractivity contribution >= 4 is 11.6 Å². The molecule has 0 aliphatic carbocycles. The molecule has 3 nitrogen and oxygen atoms in total. The van der Waals surface area contributed by atoms with Gasteiger partial charge in [0.1, 0.15) is 5.75 Å². The summed E-state index contributed by atoms with van der Waals surface area (Å²) in [5.74, 6) is 0.915. The maximum atomic E-state index is 5.95. The highest BCUT2D eigenvalue weighted by Gasteiger charge is 2.24. The van der Waals surface area contributed by atoms with Crippen LogP contribution in [0.25, 0.3) is 0 Å². The molecule has 3 rings (SSSR count). The summed E-state index contributed by atoms with van der Waals surface area (Å²) in [7, 11) is 1.70. The Morgan fingerprint density at radius 1 is 1.04 bits per heavy atom. The number of hydrogen-bond acceptors (Lipinski definition) is 3. The number of benzene rings is 2. The van der Waals surface area contributed by atoms with Crippen molar-refractivity contribution in [1.82, 2.24) is 4.90 Å². The zero-order chi connectivity index (χ0) is 17.5. The van der Waals surface area contributed by atoms with E-state index in [2.05, 4.69) is 17.0 Å². The minimum atomic E-state index is 0.533. The van der Waals surface area contributed by atoms with Crippen molar-refractivity contribution in [3.63, 3.8) is 0 Å². The van der Waals surface area contributed by atoms with Crippen LogP contribution in [-0.2, 0) is 17.8 Å². The molecule has 1 fully saturated rings. The summed E-state index contributed by atoms with van der Waals surface area (Å²) in [6.45, 7) is 3.71. The molecular formula is C21H26ClNO2. The minimum absolute atomic E-state index is 0.533. The molecule has 134 valence electrons. The summed E-state index contributed by atoms with van der Waals surface area (Å²) in [5, 5.41) is 0.768. The highest BCUT2D eigenvalue weighted by molar-refractivity contribution is 6.30. The van der Waals surface area contributed by atoms with Crippen molar-refractivity contribution in [2.45, 2.75) is 31.9 Å². The normalized spacial score (nSPS) is 17.8. The van der Waals surface area contributed by atoms with E-state index in [0.29, 0.717) is 12.6 Å². The molecule has 0 aromatic heterocycles. The van der Waals surface area contributed by atoms with E-state index in [0.717, 1.165) is 30.3 Å². The topological polar surface area (TPSA) is 21.7 Å². The summed E-state index contributed by atoms with van der Waals surface area (Å²) in [5.41, 5.74) is 2.53. The van der Waals surface area contributed by atoms with Crippen molar-refractivity contribution in [2.24, 2.45) is 0 Å². The van der Waals surface area contributed by atoms with Gasteiger partial charge in [-0.05, 0) is 61.2 Å². The van der Waals surface area contributed by atoms with E-state index in [9.17, 15) is 0 Å². The first kappa shape index (κ1) is 18.2. The van der Waals surface area contributed by atoms with Crippen LogP contribution in [0.1, 0.15) is 24.0 Å². The molecule has 1 heterocycles. The summed E-state index contributed by atoms with van der Waals surface area (Å²) in [4.78, 5) is 2.56. The van der Waals surface area contributed by atoms with E-state index in [-0.39, 0.29) is 0 Å².